The minimum atomic E-state index is -1.24. The molecule has 0 heterocycles. The topological polar surface area (TPSA) is 49.4 Å². The summed E-state index contributed by atoms with van der Waals surface area (Å²) in [6.07, 6.45) is 0. The zero-order valence-electron chi connectivity index (χ0n) is 10.4. The number of aliphatic carboxylic acids is 1. The van der Waals surface area contributed by atoms with Crippen molar-refractivity contribution in [3.05, 3.63) is 53.0 Å². The molecular weight excluding hydrogens is 303 g/mol. The first-order chi connectivity index (χ1) is 8.66. The molecule has 92 valence electrons. The van der Waals surface area contributed by atoms with E-state index in [1.165, 1.54) is 0 Å². The van der Waals surface area contributed by atoms with Gasteiger partial charge in [0.05, 0.1) is 10.4 Å². The Balaban J connectivity index is 0.00000180. The van der Waals surface area contributed by atoms with Crippen molar-refractivity contribution in [2.24, 2.45) is 0 Å². The maximum absolute atomic E-state index is 10.3. The summed E-state index contributed by atoms with van der Waals surface area (Å²) >= 11 is 3.36. The average Bonchev–Trinajstić information content (AvgIpc) is 2.38. The van der Waals surface area contributed by atoms with E-state index in [0.29, 0.717) is 10.2 Å². The van der Waals surface area contributed by atoms with Gasteiger partial charge in [0.1, 0.15) is 12.4 Å². The van der Waals surface area contributed by atoms with Crippen LogP contribution in [0.25, 0.3) is 11.1 Å². The monoisotopic (exact) mass is 312 g/mol. The van der Waals surface area contributed by atoms with Gasteiger partial charge in [-0.15, -0.1) is 0 Å². The zero-order chi connectivity index (χ0) is 13.0. The summed E-state index contributed by atoms with van der Waals surface area (Å²) in [5, 5.41) is 10.3. The number of carboxylic acid groups (broad SMARTS) is 1. The quantitative estimate of drug-likeness (QED) is 0.698. The molecule has 0 aliphatic carbocycles. The van der Waals surface area contributed by atoms with Crippen LogP contribution in [-0.2, 0) is 4.79 Å². The predicted molar refractivity (Wildman–Crippen MR) is 70.1 cm³/mol. The van der Waals surface area contributed by atoms with Gasteiger partial charge in [0, 0.05) is 0 Å². The molecule has 0 amide bonds. The third-order valence-electron chi connectivity index (χ3n) is 2.38. The molecule has 0 bridgehead atoms. The maximum atomic E-state index is 10.3. The van der Waals surface area contributed by atoms with E-state index in [1.807, 2.05) is 42.5 Å². The molecule has 0 spiro atoms. The first-order valence-electron chi connectivity index (χ1n) is 5.34. The Morgan fingerprint density at radius 1 is 1.11 bits per heavy atom. The molecule has 0 radical (unpaired) electrons. The molecule has 19 heavy (non-hydrogen) atoms. The first kappa shape index (κ1) is 15.8. The van der Waals surface area contributed by atoms with Gasteiger partial charge >= 0.3 is 18.9 Å². The van der Waals surface area contributed by atoms with Gasteiger partial charge < -0.3 is 14.6 Å². The summed E-state index contributed by atoms with van der Waals surface area (Å²) in [7, 11) is 0. The van der Waals surface area contributed by atoms with Gasteiger partial charge in [-0.3, -0.25) is 0 Å². The van der Waals surface area contributed by atoms with Gasteiger partial charge in [0.25, 0.3) is 0 Å². The van der Waals surface area contributed by atoms with E-state index in [0.717, 1.165) is 11.1 Å². The molecule has 3 nitrogen and oxygen atoms in total. The molecule has 2 rings (SSSR count). The van der Waals surface area contributed by atoms with E-state index in [-0.39, 0.29) is 18.9 Å². The average molecular weight is 313 g/mol. The number of ether oxygens (including phenoxy) is 1. The van der Waals surface area contributed by atoms with Crippen LogP contribution in [0.5, 0.6) is 5.75 Å². The fourth-order valence-electron chi connectivity index (χ4n) is 1.56. The van der Waals surface area contributed by atoms with Gasteiger partial charge in [0.15, 0.2) is 0 Å². The Bertz CT molecular complexity index is 558. The SMILES string of the molecule is O=C([O-])COc1ccc(-c2ccccc2)cc1Br.[Li+]. The molecule has 2 aromatic carbocycles. The summed E-state index contributed by atoms with van der Waals surface area (Å²) in [4.78, 5) is 10.3. The second-order valence-corrected chi connectivity index (χ2v) is 4.53. The van der Waals surface area contributed by atoms with Crippen molar-refractivity contribution < 1.29 is 33.5 Å². The third-order valence-corrected chi connectivity index (χ3v) is 3.00. The summed E-state index contributed by atoms with van der Waals surface area (Å²) in [6, 6.07) is 15.4. The first-order valence-corrected chi connectivity index (χ1v) is 6.14. The molecule has 2 aromatic rings. The molecule has 0 aromatic heterocycles. The van der Waals surface area contributed by atoms with Crippen LogP contribution in [-0.4, -0.2) is 12.6 Å². The molecule has 0 N–H and O–H groups in total. The summed E-state index contributed by atoms with van der Waals surface area (Å²) in [5.74, 6) is -0.757. The van der Waals surface area contributed by atoms with Crippen molar-refractivity contribution in [3.8, 4) is 16.9 Å². The van der Waals surface area contributed by atoms with Crippen molar-refractivity contribution >= 4 is 21.9 Å². The smallest absolute Gasteiger partial charge is 0.546 e. The second kappa shape index (κ2) is 7.39. The van der Waals surface area contributed by atoms with Crippen molar-refractivity contribution in [2.45, 2.75) is 0 Å². The fraction of sp³-hybridized carbons (Fsp3) is 0.0714. The van der Waals surface area contributed by atoms with Gasteiger partial charge in [-0.1, -0.05) is 36.4 Å². The number of hydrogen-bond acceptors (Lipinski definition) is 3. The molecule has 0 aliphatic heterocycles. The molecule has 0 atom stereocenters. The molecule has 0 aliphatic rings. The third kappa shape index (κ3) is 4.43. The maximum Gasteiger partial charge on any atom is 1.00 e. The van der Waals surface area contributed by atoms with Gasteiger partial charge in [-0.25, -0.2) is 0 Å². The molecule has 0 unspecified atom stereocenters. The van der Waals surface area contributed by atoms with Crippen LogP contribution in [0.15, 0.2) is 53.0 Å². The standard InChI is InChI=1S/C14H11BrO3.Li/c15-12-8-11(10-4-2-1-3-5-10)6-7-13(12)18-9-14(16)17;/h1-8H,9H2,(H,16,17);/q;+1/p-1. The minimum absolute atomic E-state index is 0. The Morgan fingerprint density at radius 3 is 2.37 bits per heavy atom. The second-order valence-electron chi connectivity index (χ2n) is 3.67. The summed E-state index contributed by atoms with van der Waals surface area (Å²) in [5.41, 5.74) is 2.12. The molecule has 0 saturated heterocycles. The van der Waals surface area contributed by atoms with Crippen molar-refractivity contribution in [2.75, 3.05) is 6.61 Å². The number of rotatable bonds is 4. The number of halogens is 1. The molecule has 0 saturated carbocycles. The summed E-state index contributed by atoms with van der Waals surface area (Å²) < 4.78 is 5.79. The van der Waals surface area contributed by atoms with Gasteiger partial charge in [-0.2, -0.15) is 0 Å². The van der Waals surface area contributed by atoms with E-state index in [9.17, 15) is 9.90 Å². The Labute approximate surface area is 131 Å². The zero-order valence-corrected chi connectivity index (χ0v) is 12.0. The van der Waals surface area contributed by atoms with Crippen LogP contribution >= 0.6 is 15.9 Å². The van der Waals surface area contributed by atoms with Crippen LogP contribution < -0.4 is 28.7 Å². The van der Waals surface area contributed by atoms with Crippen molar-refractivity contribution in [1.29, 1.82) is 0 Å². The van der Waals surface area contributed by atoms with E-state index in [4.69, 9.17) is 4.74 Å². The Kier molecular flexibility index (Phi) is 6.17. The van der Waals surface area contributed by atoms with E-state index in [1.54, 1.807) is 6.07 Å². The normalized spacial score (nSPS) is 9.53. The van der Waals surface area contributed by atoms with E-state index < -0.39 is 12.6 Å². The van der Waals surface area contributed by atoms with E-state index in [2.05, 4.69) is 15.9 Å². The van der Waals surface area contributed by atoms with Crippen LogP contribution in [0, 0.1) is 0 Å². The van der Waals surface area contributed by atoms with Gasteiger partial charge in [0.2, 0.25) is 0 Å². The largest absolute Gasteiger partial charge is 1.00 e. The Morgan fingerprint density at radius 2 is 1.79 bits per heavy atom. The molecular formula is C14H10BrLiO3. The predicted octanol–water partition coefficient (Wildman–Crippen LogP) is -0.751. The van der Waals surface area contributed by atoms with E-state index >= 15 is 0 Å². The van der Waals surface area contributed by atoms with Crippen LogP contribution in [0.3, 0.4) is 0 Å². The minimum Gasteiger partial charge on any atom is -0.546 e. The number of benzene rings is 2. The van der Waals surface area contributed by atoms with Crippen molar-refractivity contribution in [3.63, 3.8) is 0 Å². The number of carboxylic acids is 1. The summed E-state index contributed by atoms with van der Waals surface area (Å²) in [6.45, 7) is -0.455. The van der Waals surface area contributed by atoms with Gasteiger partial charge in [-0.05, 0) is 39.2 Å². The Hall–Kier alpha value is -1.21. The van der Waals surface area contributed by atoms with Crippen LogP contribution in [0.4, 0.5) is 0 Å². The van der Waals surface area contributed by atoms with Crippen LogP contribution in [0.2, 0.25) is 0 Å². The molecule has 0 fully saturated rings. The molecule has 5 heteroatoms. The van der Waals surface area contributed by atoms with Crippen molar-refractivity contribution in [1.82, 2.24) is 0 Å². The van der Waals surface area contributed by atoms with Crippen LogP contribution in [0.1, 0.15) is 0 Å². The number of carbonyl (C=O) groups excluding carboxylic acids is 1. The number of hydrogen-bond donors (Lipinski definition) is 0. The fourth-order valence-corrected chi connectivity index (χ4v) is 2.06. The number of carbonyl (C=O) groups is 1.